The highest BCUT2D eigenvalue weighted by atomic mass is 19.4. The summed E-state index contributed by atoms with van der Waals surface area (Å²) >= 11 is 0. The molecule has 2 aliphatic rings. The third-order valence-corrected chi connectivity index (χ3v) is 6.67. The second-order valence-electron chi connectivity index (χ2n) is 10.4. The summed E-state index contributed by atoms with van der Waals surface area (Å²) in [6.07, 6.45) is -0.151. The van der Waals surface area contributed by atoms with E-state index >= 15 is 0 Å². The van der Waals surface area contributed by atoms with Crippen molar-refractivity contribution in [2.75, 3.05) is 25.5 Å². The molecule has 4 rings (SSSR count). The lowest BCUT2D eigenvalue weighted by Crippen LogP contribution is -2.46. The first kappa shape index (κ1) is 26.1. The number of anilines is 1. The average Bonchev–Trinajstić information content (AvgIpc) is 3.64. The number of halogens is 4. The highest BCUT2D eigenvalue weighted by Crippen LogP contribution is 2.38. The lowest BCUT2D eigenvalue weighted by atomic mass is 9.99. The normalized spacial score (nSPS) is 21.6. The number of nitrogens with zero attached hydrogens (tertiary/aromatic N) is 2. The van der Waals surface area contributed by atoms with Crippen molar-refractivity contribution in [1.29, 1.82) is 0 Å². The zero-order valence-corrected chi connectivity index (χ0v) is 20.8. The van der Waals surface area contributed by atoms with E-state index in [9.17, 15) is 22.4 Å². The molecule has 1 aliphatic heterocycles. The number of pyridine rings is 1. The van der Waals surface area contributed by atoms with Crippen molar-refractivity contribution in [3.05, 3.63) is 48.3 Å². The van der Waals surface area contributed by atoms with Crippen LogP contribution < -0.4 is 10.6 Å². The SMILES string of the molecule is C=C(c1nc(/C=C/C(C)(C)NC(=O)C2CC2)cc2c(N[C@@H]3CCN(C)C[C@@H]3F)cccc12)C(F)(F)F. The Morgan fingerprint density at radius 3 is 2.56 bits per heavy atom. The van der Waals surface area contributed by atoms with E-state index in [-0.39, 0.29) is 35.1 Å². The molecule has 2 N–H and O–H groups in total. The lowest BCUT2D eigenvalue weighted by Gasteiger charge is -2.33. The number of carbonyl (C=O) groups excluding carboxylic acids is 1. The molecule has 1 aromatic heterocycles. The molecule has 1 saturated carbocycles. The van der Waals surface area contributed by atoms with Crippen molar-refractivity contribution in [2.45, 2.75) is 57.0 Å². The van der Waals surface area contributed by atoms with E-state index in [4.69, 9.17) is 0 Å². The molecule has 194 valence electrons. The Balaban J connectivity index is 1.72. The Hall–Kier alpha value is -2.94. The summed E-state index contributed by atoms with van der Waals surface area (Å²) in [4.78, 5) is 18.4. The van der Waals surface area contributed by atoms with Gasteiger partial charge in [-0.3, -0.25) is 4.79 Å². The summed E-state index contributed by atoms with van der Waals surface area (Å²) in [5.41, 5.74) is -1.22. The van der Waals surface area contributed by atoms with Gasteiger partial charge in [-0.15, -0.1) is 0 Å². The molecule has 0 radical (unpaired) electrons. The van der Waals surface area contributed by atoms with Crippen molar-refractivity contribution in [2.24, 2.45) is 5.92 Å². The Bertz CT molecular complexity index is 1190. The molecule has 2 aromatic rings. The molecule has 2 atom stereocenters. The van der Waals surface area contributed by atoms with Gasteiger partial charge in [0.2, 0.25) is 5.91 Å². The number of hydrogen-bond acceptors (Lipinski definition) is 4. The van der Waals surface area contributed by atoms with Crippen LogP contribution in [0.2, 0.25) is 0 Å². The van der Waals surface area contributed by atoms with Gasteiger partial charge in [-0.05, 0) is 58.4 Å². The van der Waals surface area contributed by atoms with E-state index in [2.05, 4.69) is 22.2 Å². The molecule has 1 amide bonds. The van der Waals surface area contributed by atoms with Gasteiger partial charge in [-0.1, -0.05) is 24.8 Å². The summed E-state index contributed by atoms with van der Waals surface area (Å²) < 4.78 is 55.8. The van der Waals surface area contributed by atoms with Gasteiger partial charge < -0.3 is 15.5 Å². The molecule has 2 fully saturated rings. The summed E-state index contributed by atoms with van der Waals surface area (Å²) in [7, 11) is 1.86. The molecule has 0 unspecified atom stereocenters. The van der Waals surface area contributed by atoms with E-state index in [1.165, 1.54) is 0 Å². The molecule has 1 aliphatic carbocycles. The zero-order chi connectivity index (χ0) is 26.3. The predicted octanol–water partition coefficient (Wildman–Crippen LogP) is 5.58. The van der Waals surface area contributed by atoms with Crippen LogP contribution in [0, 0.1) is 5.92 Å². The smallest absolute Gasteiger partial charge is 0.379 e. The maximum Gasteiger partial charge on any atom is 0.417 e. The van der Waals surface area contributed by atoms with Gasteiger partial charge >= 0.3 is 6.18 Å². The Morgan fingerprint density at radius 2 is 1.92 bits per heavy atom. The number of piperidine rings is 1. The summed E-state index contributed by atoms with van der Waals surface area (Å²) in [5, 5.41) is 6.96. The lowest BCUT2D eigenvalue weighted by molar-refractivity contribution is -0.123. The number of allylic oxidation sites excluding steroid dienone is 1. The summed E-state index contributed by atoms with van der Waals surface area (Å²) in [5.74, 6) is -0.00151. The van der Waals surface area contributed by atoms with Crippen LogP contribution in [0.15, 0.2) is 36.9 Å². The molecule has 36 heavy (non-hydrogen) atoms. The number of carbonyl (C=O) groups is 1. The number of aromatic nitrogens is 1. The number of rotatable bonds is 7. The number of nitrogens with one attached hydrogen (secondary N) is 2. The van der Waals surface area contributed by atoms with Gasteiger partial charge in [0.05, 0.1) is 28.5 Å². The topological polar surface area (TPSA) is 57.3 Å². The molecular weight excluding hydrogens is 472 g/mol. The Labute approximate surface area is 208 Å². The minimum absolute atomic E-state index is 0.0331. The summed E-state index contributed by atoms with van der Waals surface area (Å²) in [6, 6.07) is 6.16. The highest BCUT2D eigenvalue weighted by Gasteiger charge is 2.36. The van der Waals surface area contributed by atoms with Gasteiger partial charge in [-0.2, -0.15) is 13.2 Å². The first-order chi connectivity index (χ1) is 16.8. The molecule has 0 bridgehead atoms. The van der Waals surface area contributed by atoms with E-state index in [1.54, 1.807) is 36.4 Å². The maximum atomic E-state index is 14.7. The van der Waals surface area contributed by atoms with Crippen LogP contribution in [-0.2, 0) is 4.79 Å². The van der Waals surface area contributed by atoms with E-state index in [0.717, 1.165) is 19.4 Å². The minimum atomic E-state index is -4.67. The van der Waals surface area contributed by atoms with Gasteiger partial charge in [0.25, 0.3) is 0 Å². The van der Waals surface area contributed by atoms with Crippen LogP contribution in [0.4, 0.5) is 23.2 Å². The van der Waals surface area contributed by atoms with E-state index in [1.807, 2.05) is 25.8 Å². The molecular formula is C27H32F4N4O. The van der Waals surface area contributed by atoms with Crippen molar-refractivity contribution in [3.63, 3.8) is 0 Å². The second kappa shape index (κ2) is 9.84. The number of fused-ring (bicyclic) bond motifs is 1. The van der Waals surface area contributed by atoms with Crippen LogP contribution >= 0.6 is 0 Å². The van der Waals surface area contributed by atoms with Crippen LogP contribution in [0.25, 0.3) is 22.4 Å². The van der Waals surface area contributed by atoms with Crippen LogP contribution in [0.5, 0.6) is 0 Å². The van der Waals surface area contributed by atoms with Crippen LogP contribution in [0.3, 0.4) is 0 Å². The van der Waals surface area contributed by atoms with Crippen molar-refractivity contribution in [1.82, 2.24) is 15.2 Å². The fraction of sp³-hybridized carbons (Fsp3) is 0.481. The third-order valence-electron chi connectivity index (χ3n) is 6.67. The predicted molar refractivity (Wildman–Crippen MR) is 135 cm³/mol. The maximum absolute atomic E-state index is 14.7. The van der Waals surface area contributed by atoms with E-state index < -0.39 is 29.5 Å². The number of benzene rings is 1. The van der Waals surface area contributed by atoms with Crippen molar-refractivity contribution >= 4 is 34.0 Å². The molecule has 2 heterocycles. The fourth-order valence-electron chi connectivity index (χ4n) is 4.39. The monoisotopic (exact) mass is 504 g/mol. The largest absolute Gasteiger partial charge is 0.417 e. The number of alkyl halides is 4. The molecule has 1 saturated heterocycles. The Kier molecular flexibility index (Phi) is 7.14. The molecule has 5 nitrogen and oxygen atoms in total. The van der Waals surface area contributed by atoms with Gasteiger partial charge in [0.1, 0.15) is 6.17 Å². The van der Waals surface area contributed by atoms with Crippen molar-refractivity contribution in [3.8, 4) is 0 Å². The van der Waals surface area contributed by atoms with Crippen molar-refractivity contribution < 1.29 is 22.4 Å². The molecule has 0 spiro atoms. The number of hydrogen-bond donors (Lipinski definition) is 2. The quantitative estimate of drug-likeness (QED) is 0.484. The number of likely N-dealkylation sites (tertiary alicyclic amines) is 1. The third kappa shape index (κ3) is 6.06. The van der Waals surface area contributed by atoms with Gasteiger partial charge in [0, 0.05) is 35.5 Å². The highest BCUT2D eigenvalue weighted by molar-refractivity contribution is 6.01. The van der Waals surface area contributed by atoms with Crippen LogP contribution in [0.1, 0.15) is 44.5 Å². The zero-order valence-electron chi connectivity index (χ0n) is 20.8. The van der Waals surface area contributed by atoms with Gasteiger partial charge in [-0.25, -0.2) is 9.37 Å². The number of amides is 1. The average molecular weight is 505 g/mol. The fourth-order valence-corrected chi connectivity index (χ4v) is 4.39. The minimum Gasteiger partial charge on any atom is -0.379 e. The summed E-state index contributed by atoms with van der Waals surface area (Å²) in [6.45, 7) is 7.91. The standard InChI is InChI=1S/C27H32F4N4O/c1-16(27(29,30)31)24-19-6-5-7-22(33-23-11-13-35(4)15-21(23)28)20(19)14-18(32-24)10-12-26(2,3)34-25(36)17-8-9-17/h5-7,10,12,14,17,21,23,33H,1,8-9,11,13,15H2,2-4H3,(H,34,36)/b12-10+/t21-,23+/m0/s1. The molecule has 1 aromatic carbocycles. The Morgan fingerprint density at radius 1 is 1.19 bits per heavy atom. The first-order valence-electron chi connectivity index (χ1n) is 12.1. The van der Waals surface area contributed by atoms with Crippen LogP contribution in [-0.4, -0.2) is 59.9 Å². The van der Waals surface area contributed by atoms with Gasteiger partial charge in [0.15, 0.2) is 0 Å². The first-order valence-corrected chi connectivity index (χ1v) is 12.1. The van der Waals surface area contributed by atoms with E-state index in [0.29, 0.717) is 17.5 Å². The molecule has 9 heteroatoms. The second-order valence-corrected chi connectivity index (χ2v) is 10.4.